The molecule has 3 rings (SSSR count). The number of H-pyrrole nitrogens is 1. The first-order valence-electron chi connectivity index (χ1n) is 7.98. The first-order valence-corrected chi connectivity index (χ1v) is 7.98. The fourth-order valence-electron chi connectivity index (χ4n) is 3.30. The molecule has 0 unspecified atom stereocenters. The van der Waals surface area contributed by atoms with Crippen molar-refractivity contribution in [2.75, 3.05) is 11.9 Å². The van der Waals surface area contributed by atoms with E-state index >= 15 is 0 Å². The van der Waals surface area contributed by atoms with Gasteiger partial charge in [0.05, 0.1) is 6.10 Å². The first kappa shape index (κ1) is 14.5. The van der Waals surface area contributed by atoms with Crippen LogP contribution < -0.4 is 11.1 Å². The van der Waals surface area contributed by atoms with Crippen molar-refractivity contribution in [3.05, 3.63) is 11.8 Å². The molecule has 1 aliphatic carbocycles. The normalized spacial score (nSPS) is 26.9. The number of aromatic nitrogens is 2. The smallest absolute Gasteiger partial charge is 0.254 e. The number of carbonyl (C=O) groups is 1. The van der Waals surface area contributed by atoms with Gasteiger partial charge in [-0.3, -0.25) is 9.89 Å². The monoisotopic (exact) mass is 292 g/mol. The maximum atomic E-state index is 12.1. The fourth-order valence-corrected chi connectivity index (χ4v) is 3.30. The molecule has 1 aromatic rings. The molecule has 1 aromatic heterocycles. The summed E-state index contributed by atoms with van der Waals surface area (Å²) in [7, 11) is 0. The molecule has 1 aliphatic heterocycles. The standard InChI is InChI=1S/C15H24N4O2/c16-9-11-6-7-13(21-11)15(20)17-14-8-12(18-19-14)10-4-2-1-3-5-10/h8,10-11,13H,1-7,9,16H2,(H2,17,18,19,20)/t11-,13+/m1/s1. The van der Waals surface area contributed by atoms with Crippen LogP contribution in [0, 0.1) is 0 Å². The zero-order valence-electron chi connectivity index (χ0n) is 12.3. The first-order chi connectivity index (χ1) is 10.3. The van der Waals surface area contributed by atoms with Gasteiger partial charge in [-0.1, -0.05) is 19.3 Å². The average Bonchev–Trinajstić information content (AvgIpc) is 3.17. The number of amides is 1. The van der Waals surface area contributed by atoms with Crippen LogP contribution in [0.2, 0.25) is 0 Å². The summed E-state index contributed by atoms with van der Waals surface area (Å²) in [5.41, 5.74) is 6.70. The lowest BCUT2D eigenvalue weighted by molar-refractivity contribution is -0.126. The molecule has 2 fully saturated rings. The van der Waals surface area contributed by atoms with Gasteiger partial charge in [-0.25, -0.2) is 0 Å². The zero-order chi connectivity index (χ0) is 14.7. The van der Waals surface area contributed by atoms with E-state index in [4.69, 9.17) is 10.5 Å². The van der Waals surface area contributed by atoms with E-state index in [1.165, 1.54) is 32.1 Å². The molecule has 0 aromatic carbocycles. The third-order valence-corrected chi connectivity index (χ3v) is 4.56. The van der Waals surface area contributed by atoms with Gasteiger partial charge in [0, 0.05) is 24.2 Å². The molecule has 0 spiro atoms. The molecule has 0 radical (unpaired) electrons. The highest BCUT2D eigenvalue weighted by atomic mass is 16.5. The van der Waals surface area contributed by atoms with Crippen molar-refractivity contribution >= 4 is 11.7 Å². The van der Waals surface area contributed by atoms with Crippen LogP contribution in [0.3, 0.4) is 0 Å². The van der Waals surface area contributed by atoms with Gasteiger partial charge >= 0.3 is 0 Å². The Morgan fingerprint density at radius 1 is 1.33 bits per heavy atom. The largest absolute Gasteiger partial charge is 0.364 e. The van der Waals surface area contributed by atoms with Crippen molar-refractivity contribution in [3.8, 4) is 0 Å². The summed E-state index contributed by atoms with van der Waals surface area (Å²) in [5, 5.41) is 10.1. The van der Waals surface area contributed by atoms with Crippen molar-refractivity contribution in [2.45, 2.75) is 63.1 Å². The summed E-state index contributed by atoms with van der Waals surface area (Å²) >= 11 is 0. The molecular weight excluding hydrogens is 268 g/mol. The van der Waals surface area contributed by atoms with Crippen molar-refractivity contribution in [1.82, 2.24) is 10.2 Å². The average molecular weight is 292 g/mol. The minimum atomic E-state index is -0.395. The van der Waals surface area contributed by atoms with Crippen LogP contribution in [0.1, 0.15) is 56.6 Å². The van der Waals surface area contributed by atoms with E-state index in [0.717, 1.165) is 18.5 Å². The number of aromatic amines is 1. The van der Waals surface area contributed by atoms with Gasteiger partial charge in [0.15, 0.2) is 5.82 Å². The summed E-state index contributed by atoms with van der Waals surface area (Å²) < 4.78 is 5.59. The molecule has 116 valence electrons. The number of anilines is 1. The maximum Gasteiger partial charge on any atom is 0.254 e. The van der Waals surface area contributed by atoms with Crippen LogP contribution in [0.15, 0.2) is 6.07 Å². The van der Waals surface area contributed by atoms with E-state index in [1.54, 1.807) is 0 Å². The summed E-state index contributed by atoms with van der Waals surface area (Å²) in [4.78, 5) is 12.1. The minimum Gasteiger partial charge on any atom is -0.364 e. The second-order valence-corrected chi connectivity index (χ2v) is 6.09. The number of rotatable bonds is 4. The zero-order valence-corrected chi connectivity index (χ0v) is 12.3. The Bertz CT molecular complexity index is 482. The molecule has 1 saturated carbocycles. The second-order valence-electron chi connectivity index (χ2n) is 6.09. The number of hydrogen-bond acceptors (Lipinski definition) is 4. The SMILES string of the molecule is NC[C@H]1CC[C@@H](C(=O)Nc2cc(C3CCCCC3)[nH]n2)O1. The highest BCUT2D eigenvalue weighted by molar-refractivity contribution is 5.93. The molecular formula is C15H24N4O2. The Balaban J connectivity index is 1.55. The number of nitrogens with one attached hydrogen (secondary N) is 2. The minimum absolute atomic E-state index is 0.0118. The third kappa shape index (κ3) is 3.44. The van der Waals surface area contributed by atoms with Crippen LogP contribution in [0.5, 0.6) is 0 Å². The van der Waals surface area contributed by atoms with Gasteiger partial charge in [0.25, 0.3) is 5.91 Å². The van der Waals surface area contributed by atoms with Gasteiger partial charge in [-0.2, -0.15) is 5.10 Å². The van der Waals surface area contributed by atoms with Crippen LogP contribution in [-0.2, 0) is 9.53 Å². The molecule has 2 atom stereocenters. The number of carbonyl (C=O) groups excluding carboxylic acids is 1. The van der Waals surface area contributed by atoms with Gasteiger partial charge in [0.2, 0.25) is 0 Å². The summed E-state index contributed by atoms with van der Waals surface area (Å²) in [5.74, 6) is 1.04. The molecule has 0 bridgehead atoms. The van der Waals surface area contributed by atoms with Crippen molar-refractivity contribution in [1.29, 1.82) is 0 Å². The van der Waals surface area contributed by atoms with E-state index < -0.39 is 6.10 Å². The lowest BCUT2D eigenvalue weighted by atomic mass is 9.87. The summed E-state index contributed by atoms with van der Waals surface area (Å²) in [6, 6.07) is 1.96. The van der Waals surface area contributed by atoms with E-state index in [2.05, 4.69) is 15.5 Å². The number of hydrogen-bond donors (Lipinski definition) is 3. The Labute approximate surface area is 124 Å². The number of ether oxygens (including phenoxy) is 1. The predicted octanol–water partition coefficient (Wildman–Crippen LogP) is 1.90. The lowest BCUT2D eigenvalue weighted by Crippen LogP contribution is -2.29. The number of nitrogens with zero attached hydrogens (tertiary/aromatic N) is 1. The van der Waals surface area contributed by atoms with Gasteiger partial charge in [0.1, 0.15) is 6.10 Å². The van der Waals surface area contributed by atoms with Gasteiger partial charge in [-0.15, -0.1) is 0 Å². The van der Waals surface area contributed by atoms with Crippen molar-refractivity contribution < 1.29 is 9.53 Å². The van der Waals surface area contributed by atoms with Crippen LogP contribution in [0.25, 0.3) is 0 Å². The topological polar surface area (TPSA) is 93.0 Å². The van der Waals surface area contributed by atoms with E-state index in [9.17, 15) is 4.79 Å². The van der Waals surface area contributed by atoms with Gasteiger partial charge < -0.3 is 15.8 Å². The number of nitrogens with two attached hydrogens (primary N) is 1. The second kappa shape index (κ2) is 6.58. The molecule has 1 saturated heterocycles. The van der Waals surface area contributed by atoms with Crippen molar-refractivity contribution in [3.63, 3.8) is 0 Å². The lowest BCUT2D eigenvalue weighted by Gasteiger charge is -2.19. The van der Waals surface area contributed by atoms with E-state index in [-0.39, 0.29) is 12.0 Å². The highest BCUT2D eigenvalue weighted by Gasteiger charge is 2.30. The molecule has 4 N–H and O–H groups in total. The van der Waals surface area contributed by atoms with Crippen LogP contribution >= 0.6 is 0 Å². The Kier molecular flexibility index (Phi) is 4.55. The third-order valence-electron chi connectivity index (χ3n) is 4.56. The van der Waals surface area contributed by atoms with E-state index in [1.807, 2.05) is 6.07 Å². The highest BCUT2D eigenvalue weighted by Crippen LogP contribution is 2.32. The molecule has 1 amide bonds. The van der Waals surface area contributed by atoms with Crippen LogP contribution in [-0.4, -0.2) is 34.9 Å². The summed E-state index contributed by atoms with van der Waals surface area (Å²) in [6.45, 7) is 0.470. The Morgan fingerprint density at radius 2 is 2.14 bits per heavy atom. The van der Waals surface area contributed by atoms with E-state index in [0.29, 0.717) is 18.3 Å². The van der Waals surface area contributed by atoms with Gasteiger partial charge in [-0.05, 0) is 25.7 Å². The molecule has 2 heterocycles. The van der Waals surface area contributed by atoms with Crippen molar-refractivity contribution in [2.24, 2.45) is 5.73 Å². The van der Waals surface area contributed by atoms with Crippen LogP contribution in [0.4, 0.5) is 5.82 Å². The Hall–Kier alpha value is -1.40. The Morgan fingerprint density at radius 3 is 2.86 bits per heavy atom. The quantitative estimate of drug-likeness (QED) is 0.790. The molecule has 2 aliphatic rings. The summed E-state index contributed by atoms with van der Waals surface area (Å²) in [6.07, 6.45) is 7.50. The molecule has 6 heteroatoms. The molecule has 21 heavy (non-hydrogen) atoms. The predicted molar refractivity (Wildman–Crippen MR) is 80.0 cm³/mol. The fraction of sp³-hybridized carbons (Fsp3) is 0.733. The molecule has 6 nitrogen and oxygen atoms in total. The maximum absolute atomic E-state index is 12.1.